The lowest BCUT2D eigenvalue weighted by Crippen LogP contribution is -2.18. The second-order valence-corrected chi connectivity index (χ2v) is 12.4. The van der Waals surface area contributed by atoms with Gasteiger partial charge in [-0.3, -0.25) is 9.59 Å². The first-order valence-electron chi connectivity index (χ1n) is 12.1. The topological polar surface area (TPSA) is 93.1 Å². The van der Waals surface area contributed by atoms with Gasteiger partial charge in [-0.05, 0) is 31.1 Å². The van der Waals surface area contributed by atoms with Crippen molar-refractivity contribution in [3.8, 4) is 0 Å². The molecule has 0 aromatic rings. The number of unbranched alkanes of at least 4 members (excludes halogenated alkanes) is 12. The van der Waals surface area contributed by atoms with Crippen LogP contribution in [0.5, 0.6) is 0 Å². The molecule has 0 aromatic carbocycles. The van der Waals surface area contributed by atoms with E-state index in [1.807, 2.05) is 0 Å². The standard InChI is InChI=1S/C23H45O6PS/c1-3-4-5-6-7-8-9-10-11-12-13-14-15-18-22(24)20-21(23(25)26)17-16-19-28-29-30(2,27)31/h21H,3-20H2,1-2H3,(H,25,26)(H,27,31). The first-order chi connectivity index (χ1) is 14.8. The van der Waals surface area contributed by atoms with Gasteiger partial charge in [0.25, 0.3) is 0 Å². The Hall–Kier alpha value is -0.330. The van der Waals surface area contributed by atoms with Gasteiger partial charge in [0.1, 0.15) is 5.78 Å². The number of rotatable bonds is 23. The Bertz CT molecular complexity index is 508. The van der Waals surface area contributed by atoms with Crippen LogP contribution < -0.4 is 0 Å². The minimum absolute atomic E-state index is 0.0204. The van der Waals surface area contributed by atoms with Gasteiger partial charge in [0.2, 0.25) is 6.49 Å². The summed E-state index contributed by atoms with van der Waals surface area (Å²) in [6, 6.07) is 0. The fourth-order valence-corrected chi connectivity index (χ4v) is 3.95. The zero-order valence-corrected chi connectivity index (χ0v) is 21.4. The summed E-state index contributed by atoms with van der Waals surface area (Å²) in [6.45, 7) is 0.898. The highest BCUT2D eigenvalue weighted by Gasteiger charge is 2.20. The number of carbonyl (C=O) groups excluding carboxylic acids is 1. The summed E-state index contributed by atoms with van der Waals surface area (Å²) < 4.78 is 4.65. The largest absolute Gasteiger partial charge is 0.481 e. The van der Waals surface area contributed by atoms with E-state index in [9.17, 15) is 19.6 Å². The molecule has 31 heavy (non-hydrogen) atoms. The van der Waals surface area contributed by atoms with Gasteiger partial charge in [-0.1, -0.05) is 84.0 Å². The summed E-state index contributed by atoms with van der Waals surface area (Å²) in [5, 5.41) is 9.32. The van der Waals surface area contributed by atoms with Gasteiger partial charge in [-0.25, -0.2) is 4.89 Å². The molecule has 0 spiro atoms. The van der Waals surface area contributed by atoms with Crippen molar-refractivity contribution in [3.05, 3.63) is 0 Å². The summed E-state index contributed by atoms with van der Waals surface area (Å²) in [6.07, 6.45) is 17.7. The third kappa shape index (κ3) is 22.6. The Morgan fingerprint density at radius 2 is 1.35 bits per heavy atom. The molecule has 2 unspecified atom stereocenters. The van der Waals surface area contributed by atoms with E-state index in [0.717, 1.165) is 19.3 Å². The average molecular weight is 481 g/mol. The van der Waals surface area contributed by atoms with Gasteiger partial charge >= 0.3 is 5.97 Å². The quantitative estimate of drug-likeness (QED) is 0.0720. The van der Waals surface area contributed by atoms with E-state index >= 15 is 0 Å². The van der Waals surface area contributed by atoms with Crippen LogP contribution in [0.2, 0.25) is 0 Å². The molecule has 0 bridgehead atoms. The van der Waals surface area contributed by atoms with Crippen LogP contribution in [0.1, 0.15) is 116 Å². The summed E-state index contributed by atoms with van der Waals surface area (Å²) in [5.74, 6) is -1.63. The van der Waals surface area contributed by atoms with Crippen LogP contribution in [0, 0.1) is 5.92 Å². The van der Waals surface area contributed by atoms with Gasteiger partial charge in [-0.15, -0.1) is 0 Å². The minimum atomic E-state index is -2.86. The molecule has 0 fully saturated rings. The number of carboxylic acids is 1. The van der Waals surface area contributed by atoms with E-state index in [0.29, 0.717) is 19.3 Å². The van der Waals surface area contributed by atoms with E-state index in [-0.39, 0.29) is 18.8 Å². The molecule has 0 saturated carbocycles. The Morgan fingerprint density at radius 1 is 0.871 bits per heavy atom. The van der Waals surface area contributed by atoms with Crippen molar-refractivity contribution in [2.75, 3.05) is 13.3 Å². The molecule has 2 atom stereocenters. The molecule has 8 heteroatoms. The lowest BCUT2D eigenvalue weighted by atomic mass is 9.95. The monoisotopic (exact) mass is 480 g/mol. The molecule has 0 aliphatic heterocycles. The predicted octanol–water partition coefficient (Wildman–Crippen LogP) is 6.79. The Balaban J connectivity index is 3.63. The van der Waals surface area contributed by atoms with Crippen LogP contribution in [-0.4, -0.2) is 35.0 Å². The average Bonchev–Trinajstić information content (AvgIpc) is 2.69. The highest BCUT2D eigenvalue weighted by atomic mass is 32.5. The zero-order valence-electron chi connectivity index (χ0n) is 19.7. The molecule has 0 aliphatic carbocycles. The van der Waals surface area contributed by atoms with Gasteiger partial charge in [-0.2, -0.15) is 4.67 Å². The van der Waals surface area contributed by atoms with Crippen molar-refractivity contribution in [3.63, 3.8) is 0 Å². The van der Waals surface area contributed by atoms with E-state index < -0.39 is 18.4 Å². The highest BCUT2D eigenvalue weighted by molar-refractivity contribution is 8.09. The van der Waals surface area contributed by atoms with Crippen LogP contribution in [0.4, 0.5) is 0 Å². The highest BCUT2D eigenvalue weighted by Crippen LogP contribution is 2.37. The molecule has 0 saturated heterocycles. The third-order valence-electron chi connectivity index (χ3n) is 5.35. The number of carboxylic acid groups (broad SMARTS) is 1. The smallest absolute Gasteiger partial charge is 0.306 e. The summed E-state index contributed by atoms with van der Waals surface area (Å²) >= 11 is 4.67. The number of ketones is 1. The normalized spacial score (nSPS) is 14.3. The van der Waals surface area contributed by atoms with E-state index in [1.54, 1.807) is 0 Å². The maximum absolute atomic E-state index is 12.1. The molecule has 184 valence electrons. The molecule has 0 aromatic heterocycles. The van der Waals surface area contributed by atoms with Crippen molar-refractivity contribution in [1.29, 1.82) is 0 Å². The number of Topliss-reactive ketones (excluding diaryl/α,β-unsaturated/α-hetero) is 1. The number of aliphatic carboxylic acids is 1. The Kier molecular flexibility index (Phi) is 20.1. The summed E-state index contributed by atoms with van der Waals surface area (Å²) in [4.78, 5) is 37.6. The fourth-order valence-electron chi connectivity index (χ4n) is 3.55. The first kappa shape index (κ1) is 30.7. The number of carbonyl (C=O) groups is 2. The zero-order chi connectivity index (χ0) is 23.4. The summed E-state index contributed by atoms with van der Waals surface area (Å²) in [7, 11) is 0. The number of hydrogen-bond donors (Lipinski definition) is 2. The van der Waals surface area contributed by atoms with E-state index in [4.69, 9.17) is 4.89 Å². The van der Waals surface area contributed by atoms with Crippen LogP contribution in [-0.2, 0) is 31.0 Å². The van der Waals surface area contributed by atoms with Gasteiger partial charge in [0.15, 0.2) is 0 Å². The minimum Gasteiger partial charge on any atom is -0.481 e. The van der Waals surface area contributed by atoms with Crippen molar-refractivity contribution in [2.45, 2.75) is 116 Å². The van der Waals surface area contributed by atoms with Crippen molar-refractivity contribution in [1.82, 2.24) is 0 Å². The molecule has 0 rings (SSSR count). The second kappa shape index (κ2) is 20.3. The molecule has 2 N–H and O–H groups in total. The molecule has 0 aliphatic rings. The first-order valence-corrected chi connectivity index (χ1v) is 15.2. The third-order valence-corrected chi connectivity index (χ3v) is 5.92. The molecule has 0 amide bonds. The molecule has 0 heterocycles. The van der Waals surface area contributed by atoms with Crippen molar-refractivity contribution in [2.24, 2.45) is 5.92 Å². The van der Waals surface area contributed by atoms with Crippen molar-refractivity contribution < 1.29 is 29.2 Å². The van der Waals surface area contributed by atoms with Crippen LogP contribution in [0.3, 0.4) is 0 Å². The number of hydrogen-bond acceptors (Lipinski definition) is 5. The van der Waals surface area contributed by atoms with Crippen LogP contribution >= 0.6 is 6.49 Å². The van der Waals surface area contributed by atoms with Gasteiger partial charge in [0, 0.05) is 19.5 Å². The lowest BCUT2D eigenvalue weighted by molar-refractivity contribution is -0.207. The fraction of sp³-hybridized carbons (Fsp3) is 0.913. The molecule has 6 nitrogen and oxygen atoms in total. The van der Waals surface area contributed by atoms with Crippen LogP contribution in [0.15, 0.2) is 0 Å². The Labute approximate surface area is 194 Å². The van der Waals surface area contributed by atoms with Crippen LogP contribution in [0.25, 0.3) is 0 Å². The molecule has 0 radical (unpaired) electrons. The predicted molar refractivity (Wildman–Crippen MR) is 130 cm³/mol. The second-order valence-electron chi connectivity index (χ2n) is 8.61. The van der Waals surface area contributed by atoms with E-state index in [2.05, 4.69) is 23.4 Å². The van der Waals surface area contributed by atoms with Crippen molar-refractivity contribution >= 4 is 30.1 Å². The SMILES string of the molecule is CCCCCCCCCCCCCCCC(=O)CC(CCCOOP(C)(O)=S)C(=O)O. The molecular formula is C23H45O6PS. The lowest BCUT2D eigenvalue weighted by Gasteiger charge is -2.12. The van der Waals surface area contributed by atoms with E-state index in [1.165, 1.54) is 70.9 Å². The maximum atomic E-state index is 12.1. The van der Waals surface area contributed by atoms with Gasteiger partial charge < -0.3 is 10.00 Å². The summed E-state index contributed by atoms with van der Waals surface area (Å²) in [5.41, 5.74) is 0. The Morgan fingerprint density at radius 3 is 1.81 bits per heavy atom. The maximum Gasteiger partial charge on any atom is 0.306 e. The van der Waals surface area contributed by atoms with Gasteiger partial charge in [0.05, 0.1) is 12.5 Å². The molecular weight excluding hydrogens is 435 g/mol.